The number of phenols is 1. The number of aromatic amines is 1. The van der Waals surface area contributed by atoms with Crippen LogP contribution in [0.2, 0.25) is 0 Å². The van der Waals surface area contributed by atoms with Crippen molar-refractivity contribution in [2.75, 3.05) is 0 Å². The highest BCUT2D eigenvalue weighted by Crippen LogP contribution is 2.22. The molecule has 0 radical (unpaired) electrons. The molecule has 3 aromatic rings. The van der Waals surface area contributed by atoms with E-state index in [2.05, 4.69) is 15.2 Å². The molecule has 1 heterocycles. The molecule has 1 aromatic heterocycles. The number of hydrogen-bond donors (Lipinski definition) is 2. The summed E-state index contributed by atoms with van der Waals surface area (Å²) in [5.41, 5.74) is 1.62. The van der Waals surface area contributed by atoms with Crippen molar-refractivity contribution in [2.45, 2.75) is 0 Å². The molecule has 0 unspecified atom stereocenters. The van der Waals surface area contributed by atoms with E-state index in [-0.39, 0.29) is 5.75 Å². The molecular weight excluding hydrogens is 226 g/mol. The highest BCUT2D eigenvalue weighted by atomic mass is 16.3. The first-order chi connectivity index (χ1) is 8.84. The van der Waals surface area contributed by atoms with Crippen LogP contribution in [0, 0.1) is 0 Å². The summed E-state index contributed by atoms with van der Waals surface area (Å²) in [6, 6.07) is 14.8. The second kappa shape index (κ2) is 4.33. The van der Waals surface area contributed by atoms with Gasteiger partial charge in [0.2, 0.25) is 0 Å². The Labute approximate surface area is 104 Å². The Hall–Kier alpha value is -2.62. The zero-order valence-electron chi connectivity index (χ0n) is 9.54. The number of aliphatic imine (C=N–C) groups is 1. The lowest BCUT2D eigenvalue weighted by atomic mass is 10.2. The maximum Gasteiger partial charge on any atom is 0.181 e. The third-order valence-electron chi connectivity index (χ3n) is 2.71. The van der Waals surface area contributed by atoms with Gasteiger partial charge in [0.15, 0.2) is 5.82 Å². The highest BCUT2D eigenvalue weighted by Gasteiger charge is 2.02. The number of nitrogens with one attached hydrogen (secondary N) is 1. The monoisotopic (exact) mass is 237 g/mol. The lowest BCUT2D eigenvalue weighted by Gasteiger charge is -1.95. The van der Waals surface area contributed by atoms with E-state index in [4.69, 9.17) is 0 Å². The molecule has 88 valence electrons. The molecule has 0 fully saturated rings. The SMILES string of the molecule is Oc1ccccc1C=Nc1n[nH]c2ccccc12. The third-order valence-corrected chi connectivity index (χ3v) is 2.71. The Kier molecular flexibility index (Phi) is 2.53. The number of hydrogen-bond acceptors (Lipinski definition) is 3. The largest absolute Gasteiger partial charge is 0.507 e. The normalized spacial score (nSPS) is 11.3. The predicted molar refractivity (Wildman–Crippen MR) is 71.5 cm³/mol. The molecule has 4 heteroatoms. The van der Waals surface area contributed by atoms with Crippen LogP contribution in [-0.4, -0.2) is 21.5 Å². The molecule has 0 amide bonds. The van der Waals surface area contributed by atoms with Crippen LogP contribution < -0.4 is 0 Å². The minimum absolute atomic E-state index is 0.209. The molecule has 0 atom stereocenters. The summed E-state index contributed by atoms with van der Waals surface area (Å²) >= 11 is 0. The first kappa shape index (κ1) is 10.5. The number of aromatic hydroxyl groups is 1. The average molecular weight is 237 g/mol. The molecule has 0 aliphatic carbocycles. The fraction of sp³-hybridized carbons (Fsp3) is 0. The van der Waals surface area contributed by atoms with Crippen LogP contribution in [0.5, 0.6) is 5.75 Å². The quantitative estimate of drug-likeness (QED) is 0.673. The Morgan fingerprint density at radius 1 is 1.06 bits per heavy atom. The van der Waals surface area contributed by atoms with Crippen LogP contribution in [0.3, 0.4) is 0 Å². The van der Waals surface area contributed by atoms with Gasteiger partial charge in [-0.1, -0.05) is 24.3 Å². The summed E-state index contributed by atoms with van der Waals surface area (Å²) in [4.78, 5) is 4.30. The third kappa shape index (κ3) is 1.84. The topological polar surface area (TPSA) is 61.3 Å². The van der Waals surface area contributed by atoms with E-state index in [1.165, 1.54) is 0 Å². The fourth-order valence-electron chi connectivity index (χ4n) is 1.77. The van der Waals surface area contributed by atoms with Crippen molar-refractivity contribution in [2.24, 2.45) is 4.99 Å². The molecule has 0 saturated heterocycles. The number of fused-ring (bicyclic) bond motifs is 1. The van der Waals surface area contributed by atoms with Crippen LogP contribution in [0.4, 0.5) is 5.82 Å². The first-order valence-electron chi connectivity index (χ1n) is 5.60. The van der Waals surface area contributed by atoms with Gasteiger partial charge in [0.05, 0.1) is 5.52 Å². The molecule has 0 bridgehead atoms. The number of phenolic OH excluding ortho intramolecular Hbond substituents is 1. The molecule has 0 aliphatic heterocycles. The maximum absolute atomic E-state index is 9.63. The maximum atomic E-state index is 9.63. The molecule has 18 heavy (non-hydrogen) atoms. The minimum Gasteiger partial charge on any atom is -0.507 e. The van der Waals surface area contributed by atoms with E-state index >= 15 is 0 Å². The van der Waals surface area contributed by atoms with Crippen molar-refractivity contribution in [3.63, 3.8) is 0 Å². The molecule has 2 aromatic carbocycles. The Morgan fingerprint density at radius 3 is 2.72 bits per heavy atom. The number of rotatable bonds is 2. The fourth-order valence-corrected chi connectivity index (χ4v) is 1.77. The van der Waals surface area contributed by atoms with Crippen LogP contribution in [0.1, 0.15) is 5.56 Å². The Morgan fingerprint density at radius 2 is 1.83 bits per heavy atom. The van der Waals surface area contributed by atoms with Gasteiger partial charge >= 0.3 is 0 Å². The minimum atomic E-state index is 0.209. The van der Waals surface area contributed by atoms with Gasteiger partial charge in [-0.05, 0) is 24.3 Å². The van der Waals surface area contributed by atoms with Gasteiger partial charge in [0.25, 0.3) is 0 Å². The zero-order valence-corrected chi connectivity index (χ0v) is 9.54. The van der Waals surface area contributed by atoms with Crippen molar-refractivity contribution < 1.29 is 5.11 Å². The summed E-state index contributed by atoms with van der Waals surface area (Å²) in [6.45, 7) is 0. The highest BCUT2D eigenvalue weighted by molar-refractivity contribution is 5.92. The van der Waals surface area contributed by atoms with Gasteiger partial charge in [-0.25, -0.2) is 4.99 Å². The van der Waals surface area contributed by atoms with Gasteiger partial charge < -0.3 is 5.11 Å². The summed E-state index contributed by atoms with van der Waals surface area (Å²) in [5.74, 6) is 0.829. The lowest BCUT2D eigenvalue weighted by Crippen LogP contribution is -1.80. The molecular formula is C14H11N3O. The van der Waals surface area contributed by atoms with Crippen LogP contribution in [-0.2, 0) is 0 Å². The number of aromatic nitrogens is 2. The summed E-state index contributed by atoms with van der Waals surface area (Å²) in [6.07, 6.45) is 1.61. The van der Waals surface area contributed by atoms with E-state index < -0.39 is 0 Å². The first-order valence-corrected chi connectivity index (χ1v) is 5.60. The van der Waals surface area contributed by atoms with Crippen molar-refractivity contribution in [3.05, 3.63) is 54.1 Å². The number of benzene rings is 2. The van der Waals surface area contributed by atoms with Crippen LogP contribution in [0.25, 0.3) is 10.9 Å². The van der Waals surface area contributed by atoms with Crippen molar-refractivity contribution in [1.29, 1.82) is 0 Å². The van der Waals surface area contributed by atoms with E-state index in [1.54, 1.807) is 24.4 Å². The number of para-hydroxylation sites is 2. The van der Waals surface area contributed by atoms with E-state index in [1.807, 2.05) is 30.3 Å². The molecule has 4 nitrogen and oxygen atoms in total. The molecule has 0 spiro atoms. The summed E-state index contributed by atoms with van der Waals surface area (Å²) in [5, 5.41) is 17.6. The lowest BCUT2D eigenvalue weighted by molar-refractivity contribution is 0.474. The molecule has 0 aliphatic rings. The molecule has 3 rings (SSSR count). The van der Waals surface area contributed by atoms with Gasteiger partial charge in [-0.2, -0.15) is 5.10 Å². The summed E-state index contributed by atoms with van der Waals surface area (Å²) in [7, 11) is 0. The standard InChI is InChI=1S/C14H11N3O/c18-13-8-4-1-5-10(13)9-15-14-11-6-2-3-7-12(11)16-17-14/h1-9,18H,(H,16,17). The van der Waals surface area contributed by atoms with Crippen molar-refractivity contribution >= 4 is 22.9 Å². The summed E-state index contributed by atoms with van der Waals surface area (Å²) < 4.78 is 0. The zero-order chi connectivity index (χ0) is 12.4. The smallest absolute Gasteiger partial charge is 0.181 e. The van der Waals surface area contributed by atoms with Gasteiger partial charge in [0, 0.05) is 17.2 Å². The number of H-pyrrole nitrogens is 1. The van der Waals surface area contributed by atoms with Crippen molar-refractivity contribution in [1.82, 2.24) is 10.2 Å². The Balaban J connectivity index is 2.00. The Bertz CT molecular complexity index is 716. The van der Waals surface area contributed by atoms with Crippen molar-refractivity contribution in [3.8, 4) is 5.75 Å². The van der Waals surface area contributed by atoms with Crippen LogP contribution >= 0.6 is 0 Å². The number of nitrogens with zero attached hydrogens (tertiary/aromatic N) is 2. The average Bonchev–Trinajstić information content (AvgIpc) is 2.81. The van der Waals surface area contributed by atoms with E-state index in [0.29, 0.717) is 11.4 Å². The predicted octanol–water partition coefficient (Wildman–Crippen LogP) is 3.02. The second-order valence-electron chi connectivity index (χ2n) is 3.91. The second-order valence-corrected chi connectivity index (χ2v) is 3.91. The molecule has 0 saturated carbocycles. The van der Waals surface area contributed by atoms with Gasteiger partial charge in [-0.15, -0.1) is 0 Å². The van der Waals surface area contributed by atoms with E-state index in [9.17, 15) is 5.11 Å². The molecule has 2 N–H and O–H groups in total. The van der Waals surface area contributed by atoms with Gasteiger partial charge in [-0.3, -0.25) is 5.10 Å². The van der Waals surface area contributed by atoms with Crippen LogP contribution in [0.15, 0.2) is 53.5 Å². The van der Waals surface area contributed by atoms with E-state index in [0.717, 1.165) is 10.9 Å². The van der Waals surface area contributed by atoms with Gasteiger partial charge in [0.1, 0.15) is 5.75 Å².